The lowest BCUT2D eigenvalue weighted by atomic mass is 9.66. The van der Waals surface area contributed by atoms with Gasteiger partial charge in [0.05, 0.1) is 11.2 Å². The number of hydrogen-bond donors (Lipinski definition) is 4. The van der Waals surface area contributed by atoms with Gasteiger partial charge in [0.1, 0.15) is 11.6 Å². The molecule has 1 aliphatic carbocycles. The molecule has 3 aromatic heterocycles. The first-order chi connectivity index (χ1) is 17.1. The van der Waals surface area contributed by atoms with Crippen molar-refractivity contribution >= 4 is 34.4 Å². The average molecular weight is 477 g/mol. The summed E-state index contributed by atoms with van der Waals surface area (Å²) in [7, 11) is 0. The highest BCUT2D eigenvalue weighted by molar-refractivity contribution is 5.91. The van der Waals surface area contributed by atoms with Crippen LogP contribution in [0.1, 0.15) is 25.0 Å². The summed E-state index contributed by atoms with van der Waals surface area (Å²) in [5, 5.41) is 31.6. The maximum Gasteiger partial charge on any atom is 0.404 e. The van der Waals surface area contributed by atoms with Crippen LogP contribution >= 0.6 is 0 Å². The Balaban J connectivity index is 1.35. The molecule has 0 bridgehead atoms. The van der Waals surface area contributed by atoms with E-state index in [9.17, 15) is 9.18 Å². The Morgan fingerprint density at radius 2 is 2.00 bits per heavy atom. The third-order valence-electron chi connectivity index (χ3n) is 6.42. The van der Waals surface area contributed by atoms with Gasteiger partial charge in [0, 0.05) is 36.6 Å². The van der Waals surface area contributed by atoms with E-state index in [0.29, 0.717) is 36.2 Å². The minimum atomic E-state index is -1.10. The Hall–Kier alpha value is -4.28. The molecule has 35 heavy (non-hydrogen) atoms. The molecule has 5 rings (SSSR count). The molecule has 0 atom stereocenters. The summed E-state index contributed by atoms with van der Waals surface area (Å²) in [6, 6.07) is 14.3. The van der Waals surface area contributed by atoms with Crippen LogP contribution in [-0.2, 0) is 5.41 Å². The van der Waals surface area contributed by atoms with Gasteiger partial charge in [-0.25, -0.2) is 9.18 Å². The molecule has 11 heteroatoms. The molecule has 0 aliphatic heterocycles. The first-order valence-corrected chi connectivity index (χ1v) is 11.4. The third-order valence-corrected chi connectivity index (χ3v) is 6.42. The second kappa shape index (κ2) is 9.53. The highest BCUT2D eigenvalue weighted by atomic mass is 19.1. The van der Waals surface area contributed by atoms with Gasteiger partial charge in [-0.3, -0.25) is 10.1 Å². The van der Waals surface area contributed by atoms with Crippen molar-refractivity contribution in [3.8, 4) is 0 Å². The number of fused-ring (bicyclic) bond motifs is 1. The Morgan fingerprint density at radius 1 is 1.14 bits per heavy atom. The highest BCUT2D eigenvalue weighted by Gasteiger charge is 2.41. The first kappa shape index (κ1) is 22.5. The molecule has 1 aromatic carbocycles. The van der Waals surface area contributed by atoms with Crippen molar-refractivity contribution < 1.29 is 14.3 Å². The Kier molecular flexibility index (Phi) is 6.13. The average Bonchev–Trinajstić information content (AvgIpc) is 3.26. The van der Waals surface area contributed by atoms with Gasteiger partial charge >= 0.3 is 6.09 Å². The van der Waals surface area contributed by atoms with Crippen molar-refractivity contribution in [3.05, 3.63) is 66.2 Å². The number of carbonyl (C=O) groups is 1. The smallest absolute Gasteiger partial charge is 0.404 e. The van der Waals surface area contributed by atoms with Crippen LogP contribution in [0.15, 0.2) is 54.7 Å². The number of rotatable bonds is 9. The third kappa shape index (κ3) is 4.57. The number of aromatic nitrogens is 5. The second-order valence-electron chi connectivity index (χ2n) is 8.57. The number of amides is 1. The minimum Gasteiger partial charge on any atom is -0.465 e. The molecule has 1 fully saturated rings. The number of pyridine rings is 1. The van der Waals surface area contributed by atoms with E-state index < -0.39 is 6.09 Å². The first-order valence-electron chi connectivity index (χ1n) is 11.4. The number of carboxylic acid groups (broad SMARTS) is 1. The maximum absolute atomic E-state index is 14.4. The van der Waals surface area contributed by atoms with Crippen molar-refractivity contribution in [3.63, 3.8) is 0 Å². The number of anilines is 3. The molecule has 4 aromatic rings. The highest BCUT2D eigenvalue weighted by Crippen LogP contribution is 2.43. The van der Waals surface area contributed by atoms with E-state index in [-0.39, 0.29) is 17.8 Å². The van der Waals surface area contributed by atoms with Gasteiger partial charge in [0.15, 0.2) is 11.6 Å². The molecule has 0 spiro atoms. The standard InChI is InChI=1S/C24H25FN8O2/c25-17-6-3-12-26-21(17)24(10-4-11-24)15-28-19-8-9-20(31-30-19)33(14-13-27-23(34)35)22-16-5-1-2-7-18(16)29-32-22/h1-3,5-9,12,27H,4,10-11,13-15H2,(H,28,30)(H,29,32)(H,34,35). The summed E-state index contributed by atoms with van der Waals surface area (Å²) in [6.07, 6.45) is 3.27. The second-order valence-corrected chi connectivity index (χ2v) is 8.57. The van der Waals surface area contributed by atoms with Crippen molar-refractivity contribution in [1.82, 2.24) is 30.7 Å². The van der Waals surface area contributed by atoms with Crippen LogP contribution in [0.4, 0.5) is 26.6 Å². The van der Waals surface area contributed by atoms with E-state index in [4.69, 9.17) is 5.11 Å². The molecule has 0 radical (unpaired) electrons. The van der Waals surface area contributed by atoms with E-state index in [1.165, 1.54) is 6.07 Å². The number of hydrogen-bond acceptors (Lipinski definition) is 7. The summed E-state index contributed by atoms with van der Waals surface area (Å²) >= 11 is 0. The zero-order valence-electron chi connectivity index (χ0n) is 18.9. The van der Waals surface area contributed by atoms with Gasteiger partial charge < -0.3 is 20.6 Å². The Morgan fingerprint density at radius 3 is 2.71 bits per heavy atom. The van der Waals surface area contributed by atoms with Crippen LogP contribution in [0.2, 0.25) is 0 Å². The summed E-state index contributed by atoms with van der Waals surface area (Å²) in [6.45, 7) is 0.992. The summed E-state index contributed by atoms with van der Waals surface area (Å²) in [4.78, 5) is 17.1. The lowest BCUT2D eigenvalue weighted by Gasteiger charge is -2.41. The number of H-pyrrole nitrogens is 1. The quantitative estimate of drug-likeness (QED) is 0.287. The number of nitrogens with one attached hydrogen (secondary N) is 3. The monoisotopic (exact) mass is 476 g/mol. The molecule has 180 valence electrons. The van der Waals surface area contributed by atoms with Gasteiger partial charge in [-0.1, -0.05) is 18.6 Å². The van der Waals surface area contributed by atoms with E-state index >= 15 is 0 Å². The number of aromatic amines is 1. The van der Waals surface area contributed by atoms with Crippen molar-refractivity contribution in [2.75, 3.05) is 29.9 Å². The lowest BCUT2D eigenvalue weighted by molar-refractivity contribution is 0.195. The van der Waals surface area contributed by atoms with Crippen LogP contribution in [-0.4, -0.2) is 56.2 Å². The van der Waals surface area contributed by atoms with Gasteiger partial charge in [-0.05, 0) is 49.2 Å². The summed E-state index contributed by atoms with van der Waals surface area (Å²) < 4.78 is 14.4. The fourth-order valence-electron chi connectivity index (χ4n) is 4.46. The van der Waals surface area contributed by atoms with E-state index in [2.05, 4.69) is 36.0 Å². The summed E-state index contributed by atoms with van der Waals surface area (Å²) in [5.74, 6) is 1.43. The predicted molar refractivity (Wildman–Crippen MR) is 129 cm³/mol. The van der Waals surface area contributed by atoms with Crippen molar-refractivity contribution in [2.45, 2.75) is 24.7 Å². The van der Waals surface area contributed by atoms with Gasteiger partial charge in [-0.15, -0.1) is 10.2 Å². The van der Waals surface area contributed by atoms with E-state index in [0.717, 1.165) is 30.2 Å². The van der Waals surface area contributed by atoms with Gasteiger partial charge in [0.25, 0.3) is 0 Å². The number of halogens is 1. The number of para-hydroxylation sites is 1. The summed E-state index contributed by atoms with van der Waals surface area (Å²) in [5.41, 5.74) is 0.997. The zero-order chi connectivity index (χ0) is 24.3. The van der Waals surface area contributed by atoms with Gasteiger partial charge in [-0.2, -0.15) is 5.10 Å². The molecule has 10 nitrogen and oxygen atoms in total. The largest absolute Gasteiger partial charge is 0.465 e. The van der Waals surface area contributed by atoms with Crippen LogP contribution in [0.3, 0.4) is 0 Å². The fourth-order valence-corrected chi connectivity index (χ4v) is 4.46. The Labute approximate surface area is 200 Å². The van der Waals surface area contributed by atoms with Crippen LogP contribution in [0, 0.1) is 5.82 Å². The predicted octanol–water partition coefficient (Wildman–Crippen LogP) is 3.83. The van der Waals surface area contributed by atoms with Crippen LogP contribution in [0.5, 0.6) is 0 Å². The molecule has 0 saturated heterocycles. The number of benzene rings is 1. The molecular formula is C24H25FN8O2. The van der Waals surface area contributed by atoms with Gasteiger partial charge in [0.2, 0.25) is 0 Å². The lowest BCUT2D eigenvalue weighted by Crippen LogP contribution is -2.42. The molecule has 3 heterocycles. The maximum atomic E-state index is 14.4. The molecular weight excluding hydrogens is 451 g/mol. The minimum absolute atomic E-state index is 0.177. The molecule has 1 amide bonds. The van der Waals surface area contributed by atoms with E-state index in [1.807, 2.05) is 29.2 Å². The SMILES string of the molecule is O=C(O)NCCN(c1ccc(NCC2(c3ncccc3F)CCC2)nn1)c1n[nH]c2ccccc12. The fraction of sp³-hybridized carbons (Fsp3) is 0.292. The normalized spacial score (nSPS) is 14.3. The number of nitrogens with zero attached hydrogens (tertiary/aromatic N) is 5. The Bertz CT molecular complexity index is 1320. The topological polar surface area (TPSA) is 132 Å². The molecule has 1 aliphatic rings. The molecule has 4 N–H and O–H groups in total. The van der Waals surface area contributed by atoms with Crippen LogP contribution in [0.25, 0.3) is 10.9 Å². The van der Waals surface area contributed by atoms with E-state index in [1.54, 1.807) is 24.4 Å². The zero-order valence-corrected chi connectivity index (χ0v) is 18.9. The van der Waals surface area contributed by atoms with Crippen molar-refractivity contribution in [2.24, 2.45) is 0 Å². The molecule has 0 unspecified atom stereocenters. The molecule has 1 saturated carbocycles. The van der Waals surface area contributed by atoms with Crippen LogP contribution < -0.4 is 15.5 Å². The van der Waals surface area contributed by atoms with Crippen molar-refractivity contribution in [1.29, 1.82) is 0 Å².